The molecule has 2 aromatic carbocycles. The van der Waals surface area contributed by atoms with Crippen molar-refractivity contribution < 1.29 is 14.3 Å². The highest BCUT2D eigenvalue weighted by Crippen LogP contribution is 2.52. The summed E-state index contributed by atoms with van der Waals surface area (Å²) < 4.78 is 12.5. The van der Waals surface area contributed by atoms with Crippen LogP contribution in [0.5, 0.6) is 5.75 Å². The summed E-state index contributed by atoms with van der Waals surface area (Å²) in [5.41, 5.74) is 8.01. The number of benzene rings is 2. The number of hydroxylamine groups is 2. The normalized spacial score (nSPS) is 30.0. The number of nitrogens with zero attached hydrogens (tertiary/aromatic N) is 3. The third-order valence-electron chi connectivity index (χ3n) is 6.16. The molecule has 7 heteroatoms. The summed E-state index contributed by atoms with van der Waals surface area (Å²) in [5.74, 6) is 1.06. The molecule has 0 bridgehead atoms. The van der Waals surface area contributed by atoms with E-state index in [-0.39, 0.29) is 6.10 Å². The molecule has 1 unspecified atom stereocenters. The van der Waals surface area contributed by atoms with E-state index in [0.717, 1.165) is 35.3 Å². The molecule has 0 amide bonds. The van der Waals surface area contributed by atoms with Crippen molar-refractivity contribution in [3.05, 3.63) is 53.6 Å². The Balaban J connectivity index is 1.62. The van der Waals surface area contributed by atoms with Crippen LogP contribution in [-0.4, -0.2) is 36.4 Å². The van der Waals surface area contributed by atoms with Gasteiger partial charge in [-0.05, 0) is 55.2 Å². The minimum atomic E-state index is -0.959. The van der Waals surface area contributed by atoms with Gasteiger partial charge in [0.25, 0.3) is 0 Å². The van der Waals surface area contributed by atoms with E-state index in [1.165, 1.54) is 5.06 Å². The lowest BCUT2D eigenvalue weighted by atomic mass is 9.80. The maximum absolute atomic E-state index is 9.25. The number of hydrogen-bond donors (Lipinski definition) is 1. The van der Waals surface area contributed by atoms with Crippen LogP contribution in [0.2, 0.25) is 0 Å². The molecule has 3 aliphatic heterocycles. The fourth-order valence-electron chi connectivity index (χ4n) is 4.54. The number of guanidine groups is 1. The molecule has 0 radical (unpaired) electrons. The van der Waals surface area contributed by atoms with Gasteiger partial charge < -0.3 is 15.2 Å². The first kappa shape index (κ1) is 18.9. The van der Waals surface area contributed by atoms with E-state index in [0.29, 0.717) is 24.6 Å². The lowest BCUT2D eigenvalue weighted by Crippen LogP contribution is -2.54. The zero-order valence-electron chi connectivity index (χ0n) is 17.1. The van der Waals surface area contributed by atoms with Gasteiger partial charge in [-0.2, -0.15) is 5.26 Å². The van der Waals surface area contributed by atoms with Gasteiger partial charge >= 0.3 is 0 Å². The zero-order valence-corrected chi connectivity index (χ0v) is 17.1. The minimum Gasteiger partial charge on any atom is -0.484 e. The van der Waals surface area contributed by atoms with E-state index in [1.54, 1.807) is 13.1 Å². The van der Waals surface area contributed by atoms with E-state index < -0.39 is 11.3 Å². The predicted octanol–water partition coefficient (Wildman–Crippen LogP) is 3.29. The second-order valence-electron chi connectivity index (χ2n) is 8.37. The summed E-state index contributed by atoms with van der Waals surface area (Å²) in [6.45, 7) is 2.57. The van der Waals surface area contributed by atoms with Gasteiger partial charge in [0.2, 0.25) is 11.7 Å². The summed E-state index contributed by atoms with van der Waals surface area (Å²) in [4.78, 5) is 11.0. The Kier molecular flexibility index (Phi) is 4.24. The van der Waals surface area contributed by atoms with Crippen LogP contribution in [0.3, 0.4) is 0 Å². The Hall–Kier alpha value is -3.08. The average Bonchev–Trinajstić information content (AvgIpc) is 3.03. The van der Waals surface area contributed by atoms with Gasteiger partial charge in [-0.15, -0.1) is 0 Å². The van der Waals surface area contributed by atoms with Crippen molar-refractivity contribution in [3.63, 3.8) is 0 Å². The van der Waals surface area contributed by atoms with Crippen molar-refractivity contribution in [2.45, 2.75) is 43.6 Å². The smallest absolute Gasteiger partial charge is 0.222 e. The van der Waals surface area contributed by atoms with E-state index in [1.807, 2.05) is 36.4 Å². The first-order valence-corrected chi connectivity index (χ1v) is 10.2. The number of nitriles is 1. The Bertz CT molecular complexity index is 1070. The molecule has 2 spiro atoms. The Labute approximate surface area is 175 Å². The summed E-state index contributed by atoms with van der Waals surface area (Å²) >= 11 is 0. The molecule has 154 valence electrons. The number of fused-ring (bicyclic) bond motifs is 2. The summed E-state index contributed by atoms with van der Waals surface area (Å²) in [7, 11) is 1.76. The van der Waals surface area contributed by atoms with Gasteiger partial charge in [-0.3, -0.25) is 0 Å². The molecule has 1 saturated heterocycles. The lowest BCUT2D eigenvalue weighted by Gasteiger charge is -2.47. The summed E-state index contributed by atoms with van der Waals surface area (Å²) in [6, 6.07) is 15.7. The van der Waals surface area contributed by atoms with E-state index in [2.05, 4.69) is 13.0 Å². The molecule has 2 aromatic rings. The van der Waals surface area contributed by atoms with Gasteiger partial charge in [0, 0.05) is 13.5 Å². The molecular formula is C23H24N4O3. The van der Waals surface area contributed by atoms with Gasteiger partial charge in [0.05, 0.1) is 29.9 Å². The average molecular weight is 404 g/mol. The van der Waals surface area contributed by atoms with Crippen LogP contribution >= 0.6 is 0 Å². The molecule has 0 aromatic heterocycles. The Morgan fingerprint density at radius 1 is 1.23 bits per heavy atom. The molecule has 1 fully saturated rings. The highest BCUT2D eigenvalue weighted by molar-refractivity contribution is 5.79. The molecule has 30 heavy (non-hydrogen) atoms. The number of nitrogens with two attached hydrogens (primary N) is 1. The third-order valence-corrected chi connectivity index (χ3v) is 6.16. The van der Waals surface area contributed by atoms with Crippen molar-refractivity contribution in [2.75, 3.05) is 13.7 Å². The summed E-state index contributed by atoms with van der Waals surface area (Å²) in [6.07, 6.45) is 2.52. The van der Waals surface area contributed by atoms with Crippen LogP contribution < -0.4 is 10.5 Å². The number of ether oxygens (including phenoxy) is 2. The SMILES string of the molecule is C[C@H]1CC[C@]2(CO1)CC1(N=C(N)N(C)O1)c1cc(-c3cccc(C#N)c3)ccc1O2. The van der Waals surface area contributed by atoms with Crippen LogP contribution in [0.15, 0.2) is 47.5 Å². The molecular weight excluding hydrogens is 380 g/mol. The lowest BCUT2D eigenvalue weighted by molar-refractivity contribution is -0.220. The second kappa shape index (κ2) is 6.73. The van der Waals surface area contributed by atoms with Crippen molar-refractivity contribution in [2.24, 2.45) is 10.7 Å². The summed E-state index contributed by atoms with van der Waals surface area (Å²) in [5, 5.41) is 10.8. The van der Waals surface area contributed by atoms with Crippen LogP contribution in [0.25, 0.3) is 11.1 Å². The fraction of sp³-hybridized carbons (Fsp3) is 0.391. The van der Waals surface area contributed by atoms with Crippen molar-refractivity contribution in [1.29, 1.82) is 5.26 Å². The standard InChI is InChI=1S/C23H24N4O3/c1-15-8-9-22(14-28-15)13-23(26-21(25)27(2)30-23)19-11-18(6-7-20(19)29-22)17-5-3-4-16(10-17)12-24/h3-7,10-11,15H,8-9,13-14H2,1-2H3,(H2,25,26)/t15-,22+,23?/m0/s1. The van der Waals surface area contributed by atoms with Crippen LogP contribution in [-0.2, 0) is 15.3 Å². The highest BCUT2D eigenvalue weighted by Gasteiger charge is 2.55. The van der Waals surface area contributed by atoms with E-state index >= 15 is 0 Å². The quantitative estimate of drug-likeness (QED) is 0.784. The monoisotopic (exact) mass is 404 g/mol. The Morgan fingerprint density at radius 2 is 2.07 bits per heavy atom. The first-order valence-electron chi connectivity index (χ1n) is 10.2. The van der Waals surface area contributed by atoms with E-state index in [9.17, 15) is 5.26 Å². The molecule has 3 atom stereocenters. The van der Waals surface area contributed by atoms with Gasteiger partial charge in [0.1, 0.15) is 11.4 Å². The van der Waals surface area contributed by atoms with Crippen LogP contribution in [0, 0.1) is 11.3 Å². The predicted molar refractivity (Wildman–Crippen MR) is 111 cm³/mol. The second-order valence-corrected chi connectivity index (χ2v) is 8.37. The fourth-order valence-corrected chi connectivity index (χ4v) is 4.54. The van der Waals surface area contributed by atoms with Crippen molar-refractivity contribution in [1.82, 2.24) is 5.06 Å². The van der Waals surface area contributed by atoms with Gasteiger partial charge in [-0.25, -0.2) is 14.9 Å². The third kappa shape index (κ3) is 3.00. The van der Waals surface area contributed by atoms with Crippen LogP contribution in [0.1, 0.15) is 37.3 Å². The zero-order chi connectivity index (χ0) is 20.9. The Morgan fingerprint density at radius 3 is 2.77 bits per heavy atom. The number of hydrogen-bond acceptors (Lipinski definition) is 7. The van der Waals surface area contributed by atoms with Crippen molar-refractivity contribution in [3.8, 4) is 22.9 Å². The van der Waals surface area contributed by atoms with Gasteiger partial charge in [-0.1, -0.05) is 18.2 Å². The van der Waals surface area contributed by atoms with Crippen LogP contribution in [0.4, 0.5) is 0 Å². The highest BCUT2D eigenvalue weighted by atomic mass is 16.7. The topological polar surface area (TPSA) is 93.1 Å². The molecule has 3 aliphatic rings. The molecule has 0 aliphatic carbocycles. The first-order chi connectivity index (χ1) is 14.4. The maximum Gasteiger partial charge on any atom is 0.222 e. The molecule has 3 heterocycles. The number of rotatable bonds is 1. The van der Waals surface area contributed by atoms with E-state index in [4.69, 9.17) is 25.0 Å². The molecule has 0 saturated carbocycles. The molecule has 7 nitrogen and oxygen atoms in total. The maximum atomic E-state index is 9.25. The van der Waals surface area contributed by atoms with Gasteiger partial charge in [0.15, 0.2) is 0 Å². The molecule has 2 N–H and O–H groups in total. The largest absolute Gasteiger partial charge is 0.484 e. The van der Waals surface area contributed by atoms with Crippen molar-refractivity contribution >= 4 is 5.96 Å². The minimum absolute atomic E-state index is 0.215. The number of aliphatic imine (C=N–C) groups is 1. The molecule has 5 rings (SSSR count).